The highest BCUT2D eigenvalue weighted by Gasteiger charge is 2.24. The van der Waals surface area contributed by atoms with Gasteiger partial charge in [0.2, 0.25) is 0 Å². The summed E-state index contributed by atoms with van der Waals surface area (Å²) in [5, 5.41) is 10.1. The number of hydrogen-bond donors (Lipinski definition) is 1. The highest BCUT2D eigenvalue weighted by atomic mass is 16.5. The van der Waals surface area contributed by atoms with Gasteiger partial charge in [0.1, 0.15) is 5.75 Å². The van der Waals surface area contributed by atoms with Gasteiger partial charge in [0, 0.05) is 0 Å². The topological polar surface area (TPSA) is 38.7 Å². The van der Waals surface area contributed by atoms with Crippen molar-refractivity contribution < 1.29 is 14.6 Å². The van der Waals surface area contributed by atoms with E-state index in [2.05, 4.69) is 6.07 Å². The van der Waals surface area contributed by atoms with Crippen LogP contribution in [0.15, 0.2) is 24.3 Å². The molecule has 0 saturated carbocycles. The summed E-state index contributed by atoms with van der Waals surface area (Å²) in [4.78, 5) is 0. The van der Waals surface area contributed by atoms with Crippen LogP contribution in [0.5, 0.6) is 5.75 Å². The first-order chi connectivity index (χ1) is 8.96. The van der Waals surface area contributed by atoms with Crippen LogP contribution in [0.2, 0.25) is 0 Å². The Morgan fingerprint density at radius 1 is 1.37 bits per heavy atom. The molecule has 3 nitrogen and oxygen atoms in total. The van der Waals surface area contributed by atoms with E-state index in [4.69, 9.17) is 9.47 Å². The van der Waals surface area contributed by atoms with Gasteiger partial charge in [0.15, 0.2) is 0 Å². The van der Waals surface area contributed by atoms with Crippen LogP contribution in [0.4, 0.5) is 0 Å². The quantitative estimate of drug-likeness (QED) is 0.908. The van der Waals surface area contributed by atoms with Crippen molar-refractivity contribution in [1.29, 1.82) is 0 Å². The molecule has 3 heteroatoms. The molecule has 106 valence electrons. The Kier molecular flexibility index (Phi) is 4.48. The van der Waals surface area contributed by atoms with E-state index in [1.165, 1.54) is 5.56 Å². The van der Waals surface area contributed by atoms with E-state index < -0.39 is 6.10 Å². The van der Waals surface area contributed by atoms with Crippen LogP contribution in [-0.2, 0) is 4.74 Å². The molecule has 0 fully saturated rings. The maximum absolute atomic E-state index is 10.1. The van der Waals surface area contributed by atoms with Crippen LogP contribution in [0, 0.1) is 0 Å². The summed E-state index contributed by atoms with van der Waals surface area (Å²) in [6.07, 6.45) is 1.27. The molecule has 0 spiro atoms. The lowest BCUT2D eigenvalue weighted by molar-refractivity contribution is -0.0526. The van der Waals surface area contributed by atoms with Gasteiger partial charge in [-0.1, -0.05) is 18.2 Å². The minimum atomic E-state index is -0.421. The average Bonchev–Trinajstić information content (AvgIpc) is 2.36. The second-order valence-corrected chi connectivity index (χ2v) is 6.18. The first-order valence-electron chi connectivity index (χ1n) is 6.99. The molecule has 19 heavy (non-hydrogen) atoms. The minimum Gasteiger partial charge on any atom is -0.493 e. The molecule has 2 rings (SSSR count). The number of rotatable bonds is 4. The molecule has 1 aliphatic rings. The number of ether oxygens (including phenoxy) is 2. The number of benzene rings is 1. The molecule has 1 heterocycles. The van der Waals surface area contributed by atoms with Crippen LogP contribution in [0.3, 0.4) is 0 Å². The minimum absolute atomic E-state index is 0.200. The molecule has 0 aliphatic carbocycles. The van der Waals surface area contributed by atoms with E-state index in [1.807, 2.05) is 39.0 Å². The number of hydrogen-bond acceptors (Lipinski definition) is 3. The van der Waals surface area contributed by atoms with Crippen LogP contribution < -0.4 is 4.74 Å². The molecule has 0 saturated heterocycles. The lowest BCUT2D eigenvalue weighted by Crippen LogP contribution is -2.28. The molecule has 2 atom stereocenters. The zero-order chi connectivity index (χ0) is 13.9. The Labute approximate surface area is 115 Å². The van der Waals surface area contributed by atoms with E-state index in [0.717, 1.165) is 25.2 Å². The monoisotopic (exact) mass is 264 g/mol. The fraction of sp³-hybridized carbons (Fsp3) is 0.625. The lowest BCUT2D eigenvalue weighted by atomic mass is 9.88. The largest absolute Gasteiger partial charge is 0.493 e. The smallest absolute Gasteiger partial charge is 0.122 e. The Bertz CT molecular complexity index is 409. The summed E-state index contributed by atoms with van der Waals surface area (Å²) in [5.41, 5.74) is 1.01. The highest BCUT2D eigenvalue weighted by Crippen LogP contribution is 2.36. The van der Waals surface area contributed by atoms with Crippen molar-refractivity contribution in [2.75, 3.05) is 13.2 Å². The standard InChI is InChI=1S/C16H24O3/c1-16(2,3)19-11-13(17)10-12-8-9-18-15-7-5-4-6-14(12)15/h4-7,12-13,17H,8-11H2,1-3H3. The third kappa shape index (κ3) is 4.22. The SMILES string of the molecule is CC(C)(C)OCC(O)CC1CCOc2ccccc21. The summed E-state index contributed by atoms with van der Waals surface area (Å²) in [6.45, 7) is 7.13. The number of fused-ring (bicyclic) bond motifs is 1. The molecule has 0 aromatic heterocycles. The normalized spacial score (nSPS) is 20.5. The molecular formula is C16H24O3. The van der Waals surface area contributed by atoms with E-state index in [9.17, 15) is 5.11 Å². The van der Waals surface area contributed by atoms with E-state index >= 15 is 0 Å². The number of aliphatic hydroxyl groups is 1. The second-order valence-electron chi connectivity index (χ2n) is 6.18. The maximum atomic E-state index is 10.1. The van der Waals surface area contributed by atoms with Gasteiger partial charge in [-0.05, 0) is 51.2 Å². The van der Waals surface area contributed by atoms with Gasteiger partial charge >= 0.3 is 0 Å². The molecule has 2 unspecified atom stereocenters. The second kappa shape index (κ2) is 5.93. The molecule has 1 aromatic rings. The summed E-state index contributed by atoms with van der Waals surface area (Å²) < 4.78 is 11.3. The third-order valence-electron chi connectivity index (χ3n) is 3.35. The lowest BCUT2D eigenvalue weighted by Gasteiger charge is -2.28. The van der Waals surface area contributed by atoms with Gasteiger partial charge < -0.3 is 14.6 Å². The van der Waals surface area contributed by atoms with Crippen molar-refractivity contribution in [2.45, 2.75) is 51.2 Å². The van der Waals surface area contributed by atoms with Gasteiger partial charge in [0.05, 0.1) is 24.9 Å². The number of para-hydroxylation sites is 1. The molecule has 0 bridgehead atoms. The Balaban J connectivity index is 1.93. The van der Waals surface area contributed by atoms with Gasteiger partial charge in [-0.3, -0.25) is 0 Å². The zero-order valence-corrected chi connectivity index (χ0v) is 12.1. The summed E-state index contributed by atoms with van der Waals surface area (Å²) in [6, 6.07) is 8.11. The van der Waals surface area contributed by atoms with Gasteiger partial charge in [0.25, 0.3) is 0 Å². The van der Waals surface area contributed by atoms with Gasteiger partial charge in [-0.15, -0.1) is 0 Å². The van der Waals surface area contributed by atoms with Gasteiger partial charge in [-0.25, -0.2) is 0 Å². The van der Waals surface area contributed by atoms with E-state index in [1.54, 1.807) is 0 Å². The van der Waals surface area contributed by atoms with Gasteiger partial charge in [-0.2, -0.15) is 0 Å². The molecule has 1 N–H and O–H groups in total. The van der Waals surface area contributed by atoms with Crippen LogP contribution in [-0.4, -0.2) is 30.0 Å². The molecular weight excluding hydrogens is 240 g/mol. The van der Waals surface area contributed by atoms with Crippen molar-refractivity contribution in [3.63, 3.8) is 0 Å². The summed E-state index contributed by atoms with van der Waals surface area (Å²) in [5.74, 6) is 1.33. The third-order valence-corrected chi connectivity index (χ3v) is 3.35. The molecule has 1 aliphatic heterocycles. The Hall–Kier alpha value is -1.06. The average molecular weight is 264 g/mol. The fourth-order valence-electron chi connectivity index (χ4n) is 2.40. The fourth-order valence-corrected chi connectivity index (χ4v) is 2.40. The molecule has 0 amide bonds. The van der Waals surface area contributed by atoms with Crippen molar-refractivity contribution in [3.8, 4) is 5.75 Å². The first kappa shape index (κ1) is 14.4. The first-order valence-corrected chi connectivity index (χ1v) is 6.99. The maximum Gasteiger partial charge on any atom is 0.122 e. The molecule has 0 radical (unpaired) electrons. The van der Waals surface area contributed by atoms with E-state index in [0.29, 0.717) is 12.5 Å². The van der Waals surface area contributed by atoms with Crippen LogP contribution in [0.25, 0.3) is 0 Å². The van der Waals surface area contributed by atoms with E-state index in [-0.39, 0.29) is 5.60 Å². The summed E-state index contributed by atoms with van der Waals surface area (Å²) >= 11 is 0. The highest BCUT2D eigenvalue weighted by molar-refractivity contribution is 5.37. The van der Waals surface area contributed by atoms with Crippen LogP contribution >= 0.6 is 0 Å². The van der Waals surface area contributed by atoms with Crippen molar-refractivity contribution in [2.24, 2.45) is 0 Å². The summed E-state index contributed by atoms with van der Waals surface area (Å²) in [7, 11) is 0. The Morgan fingerprint density at radius 3 is 2.84 bits per heavy atom. The van der Waals surface area contributed by atoms with Crippen LogP contribution in [0.1, 0.15) is 45.1 Å². The van der Waals surface area contributed by atoms with Crippen molar-refractivity contribution in [3.05, 3.63) is 29.8 Å². The Morgan fingerprint density at radius 2 is 2.11 bits per heavy atom. The van der Waals surface area contributed by atoms with Crippen molar-refractivity contribution in [1.82, 2.24) is 0 Å². The van der Waals surface area contributed by atoms with Crippen molar-refractivity contribution >= 4 is 0 Å². The molecule has 1 aromatic carbocycles. The number of aliphatic hydroxyl groups excluding tert-OH is 1. The predicted molar refractivity (Wildman–Crippen MR) is 75.6 cm³/mol. The predicted octanol–water partition coefficient (Wildman–Crippen LogP) is 3.12. The zero-order valence-electron chi connectivity index (χ0n) is 12.1.